The highest BCUT2D eigenvalue weighted by Crippen LogP contribution is 2.32. The highest BCUT2D eigenvalue weighted by atomic mass is 35.5. The minimum atomic E-state index is -3.75. The van der Waals surface area contributed by atoms with Gasteiger partial charge in [-0.1, -0.05) is 43.6 Å². The van der Waals surface area contributed by atoms with Crippen molar-refractivity contribution in [3.63, 3.8) is 0 Å². The van der Waals surface area contributed by atoms with Gasteiger partial charge in [-0.05, 0) is 30.4 Å². The van der Waals surface area contributed by atoms with Crippen molar-refractivity contribution in [2.75, 3.05) is 13.1 Å². The van der Waals surface area contributed by atoms with Gasteiger partial charge in [0.25, 0.3) is 0 Å². The number of benzene rings is 1. The minimum Gasteiger partial charge on any atom is -0.352 e. The lowest BCUT2D eigenvalue weighted by Crippen LogP contribution is -2.61. The molecule has 2 aliphatic heterocycles. The van der Waals surface area contributed by atoms with Crippen LogP contribution in [0.25, 0.3) is 0 Å². The zero-order valence-electron chi connectivity index (χ0n) is 17.0. The van der Waals surface area contributed by atoms with Crippen LogP contribution in [0.1, 0.15) is 39.2 Å². The van der Waals surface area contributed by atoms with Crippen molar-refractivity contribution in [2.24, 2.45) is 5.92 Å². The summed E-state index contributed by atoms with van der Waals surface area (Å²) in [5, 5.41) is 3.25. The first-order chi connectivity index (χ1) is 13.6. The molecule has 2 amide bonds. The average molecular weight is 442 g/mol. The third kappa shape index (κ3) is 4.92. The van der Waals surface area contributed by atoms with E-state index in [1.165, 1.54) is 11.2 Å². The number of carbonyl (C=O) groups excluding carboxylic acids is 2. The summed E-state index contributed by atoms with van der Waals surface area (Å²) in [6.07, 6.45) is 1.01. The van der Waals surface area contributed by atoms with E-state index in [0.717, 1.165) is 0 Å². The van der Waals surface area contributed by atoms with Gasteiger partial charge in [-0.15, -0.1) is 0 Å². The summed E-state index contributed by atoms with van der Waals surface area (Å²) < 4.78 is 28.0. The zero-order valence-corrected chi connectivity index (χ0v) is 18.5. The molecular weight excluding hydrogens is 414 g/mol. The maximum atomic E-state index is 13.3. The standard InChI is InChI=1S/C20H28ClN3O4S/c1-13(2)8-19-20(26)23-10-16(22-14(3)25)9-17(23)11-24(19)29(27,28)12-15-6-4-5-7-18(15)21/h4-7,13,16-17,19H,8-12H2,1-3H3,(H,22,25). The number of halogens is 1. The third-order valence-corrected chi connectivity index (χ3v) is 7.64. The Kier molecular flexibility index (Phi) is 6.55. The van der Waals surface area contributed by atoms with Crippen LogP contribution < -0.4 is 5.32 Å². The molecule has 0 aromatic heterocycles. The highest BCUT2D eigenvalue weighted by Gasteiger charge is 2.49. The number of carbonyl (C=O) groups is 2. The van der Waals surface area contributed by atoms with Crippen LogP contribution in [0.5, 0.6) is 0 Å². The van der Waals surface area contributed by atoms with E-state index in [9.17, 15) is 18.0 Å². The van der Waals surface area contributed by atoms with Crippen LogP contribution in [-0.2, 0) is 25.4 Å². The van der Waals surface area contributed by atoms with Crippen molar-refractivity contribution < 1.29 is 18.0 Å². The number of hydrogen-bond donors (Lipinski definition) is 1. The van der Waals surface area contributed by atoms with Gasteiger partial charge in [-0.25, -0.2) is 8.42 Å². The van der Waals surface area contributed by atoms with E-state index in [-0.39, 0.29) is 42.1 Å². The predicted octanol–water partition coefficient (Wildman–Crippen LogP) is 2.01. The molecule has 1 N–H and O–H groups in total. The molecule has 160 valence electrons. The van der Waals surface area contributed by atoms with Gasteiger partial charge >= 0.3 is 0 Å². The van der Waals surface area contributed by atoms with E-state index in [4.69, 9.17) is 11.6 Å². The number of amides is 2. The third-order valence-electron chi connectivity index (χ3n) is 5.48. The van der Waals surface area contributed by atoms with Gasteiger partial charge in [0.05, 0.1) is 5.75 Å². The van der Waals surface area contributed by atoms with Crippen molar-refractivity contribution in [2.45, 2.75) is 57.5 Å². The van der Waals surface area contributed by atoms with Gasteiger partial charge in [-0.2, -0.15) is 4.31 Å². The Balaban J connectivity index is 1.88. The first kappa shape index (κ1) is 22.1. The lowest BCUT2D eigenvalue weighted by Gasteiger charge is -2.42. The number of fused-ring (bicyclic) bond motifs is 1. The molecule has 2 aliphatic rings. The molecule has 2 fully saturated rings. The molecule has 0 spiro atoms. The Morgan fingerprint density at radius 1 is 1.28 bits per heavy atom. The fraction of sp³-hybridized carbons (Fsp3) is 0.600. The molecule has 3 atom stereocenters. The van der Waals surface area contributed by atoms with Gasteiger partial charge in [0.2, 0.25) is 21.8 Å². The first-order valence-electron chi connectivity index (χ1n) is 9.89. The van der Waals surface area contributed by atoms with Crippen molar-refractivity contribution in [1.29, 1.82) is 0 Å². The van der Waals surface area contributed by atoms with Crippen molar-refractivity contribution in [3.8, 4) is 0 Å². The molecule has 3 rings (SSSR count). The summed E-state index contributed by atoms with van der Waals surface area (Å²) in [5.41, 5.74) is 0.523. The normalized spacial score (nSPS) is 25.3. The van der Waals surface area contributed by atoms with Crippen LogP contribution in [0.4, 0.5) is 0 Å². The molecule has 1 aromatic rings. The molecule has 0 aliphatic carbocycles. The lowest BCUT2D eigenvalue weighted by molar-refractivity contribution is -0.141. The van der Waals surface area contributed by atoms with E-state index >= 15 is 0 Å². The molecule has 0 bridgehead atoms. The monoisotopic (exact) mass is 441 g/mol. The predicted molar refractivity (Wildman–Crippen MR) is 112 cm³/mol. The molecule has 7 nitrogen and oxygen atoms in total. The molecular formula is C20H28ClN3O4S. The minimum absolute atomic E-state index is 0.146. The number of rotatable bonds is 6. The molecule has 3 unspecified atom stereocenters. The Morgan fingerprint density at radius 2 is 1.97 bits per heavy atom. The van der Waals surface area contributed by atoms with Crippen molar-refractivity contribution in [3.05, 3.63) is 34.9 Å². The van der Waals surface area contributed by atoms with Crippen LogP contribution in [0.2, 0.25) is 5.02 Å². The average Bonchev–Trinajstić information content (AvgIpc) is 3.01. The van der Waals surface area contributed by atoms with Crippen molar-refractivity contribution >= 4 is 33.4 Å². The zero-order chi connectivity index (χ0) is 21.3. The second-order valence-corrected chi connectivity index (χ2v) is 10.7. The highest BCUT2D eigenvalue weighted by molar-refractivity contribution is 7.88. The van der Waals surface area contributed by atoms with Gasteiger partial charge < -0.3 is 10.2 Å². The lowest BCUT2D eigenvalue weighted by atomic mass is 9.99. The molecule has 9 heteroatoms. The van der Waals surface area contributed by atoms with Gasteiger partial charge in [0.15, 0.2) is 0 Å². The number of hydrogen-bond acceptors (Lipinski definition) is 4. The Morgan fingerprint density at radius 3 is 2.59 bits per heavy atom. The van der Waals surface area contributed by atoms with E-state index in [2.05, 4.69) is 5.32 Å². The van der Waals surface area contributed by atoms with Crippen LogP contribution in [0, 0.1) is 5.92 Å². The summed E-state index contributed by atoms with van der Waals surface area (Å²) in [6.45, 7) is 6.06. The molecule has 2 saturated heterocycles. The summed E-state index contributed by atoms with van der Waals surface area (Å²) in [6, 6.07) is 5.75. The summed E-state index contributed by atoms with van der Waals surface area (Å²) >= 11 is 6.18. The second-order valence-electron chi connectivity index (χ2n) is 8.34. The Hall–Kier alpha value is -1.64. The fourth-order valence-electron chi connectivity index (χ4n) is 4.27. The van der Waals surface area contributed by atoms with Crippen LogP contribution in [0.3, 0.4) is 0 Å². The van der Waals surface area contributed by atoms with Gasteiger partial charge in [0.1, 0.15) is 6.04 Å². The maximum Gasteiger partial charge on any atom is 0.241 e. The number of nitrogens with zero attached hydrogens (tertiary/aromatic N) is 2. The van der Waals surface area contributed by atoms with E-state index < -0.39 is 16.1 Å². The fourth-order valence-corrected chi connectivity index (χ4v) is 6.32. The summed E-state index contributed by atoms with van der Waals surface area (Å²) in [7, 11) is -3.75. The molecule has 0 radical (unpaired) electrons. The van der Waals surface area contributed by atoms with E-state index in [1.807, 2.05) is 13.8 Å². The van der Waals surface area contributed by atoms with E-state index in [0.29, 0.717) is 30.0 Å². The Bertz CT molecular complexity index is 889. The second kappa shape index (κ2) is 8.62. The first-order valence-corrected chi connectivity index (χ1v) is 11.9. The summed E-state index contributed by atoms with van der Waals surface area (Å²) in [5.74, 6) is -0.404. The van der Waals surface area contributed by atoms with Crippen LogP contribution in [0.15, 0.2) is 24.3 Å². The summed E-state index contributed by atoms with van der Waals surface area (Å²) in [4.78, 5) is 26.4. The quantitative estimate of drug-likeness (QED) is 0.731. The molecule has 29 heavy (non-hydrogen) atoms. The van der Waals surface area contributed by atoms with Crippen LogP contribution in [-0.4, -0.2) is 60.7 Å². The molecule has 2 heterocycles. The smallest absolute Gasteiger partial charge is 0.241 e. The Labute approximate surface area is 177 Å². The maximum absolute atomic E-state index is 13.3. The SMILES string of the molecule is CC(=O)NC1CC2CN(S(=O)(=O)Cc3ccccc3Cl)C(CC(C)C)C(=O)N2C1. The topological polar surface area (TPSA) is 86.8 Å². The van der Waals surface area contributed by atoms with Gasteiger partial charge in [-0.3, -0.25) is 9.59 Å². The largest absolute Gasteiger partial charge is 0.352 e. The van der Waals surface area contributed by atoms with E-state index in [1.54, 1.807) is 29.2 Å². The number of sulfonamides is 1. The number of piperazine rings is 1. The molecule has 1 aromatic carbocycles. The van der Waals surface area contributed by atoms with Crippen LogP contribution >= 0.6 is 11.6 Å². The number of nitrogens with one attached hydrogen (secondary N) is 1. The van der Waals surface area contributed by atoms with Crippen molar-refractivity contribution in [1.82, 2.24) is 14.5 Å². The molecule has 0 saturated carbocycles. The van der Waals surface area contributed by atoms with Gasteiger partial charge in [0, 0.05) is 37.1 Å².